The van der Waals surface area contributed by atoms with Gasteiger partial charge in [0.05, 0.1) is 18.9 Å². The van der Waals surface area contributed by atoms with Gasteiger partial charge < -0.3 is 15.0 Å². The number of rotatable bonds is 4. The van der Waals surface area contributed by atoms with Crippen LogP contribution in [0.5, 0.6) is 0 Å². The molecule has 1 unspecified atom stereocenters. The van der Waals surface area contributed by atoms with Crippen molar-refractivity contribution in [1.82, 2.24) is 29.9 Å². The van der Waals surface area contributed by atoms with E-state index >= 15 is 0 Å². The number of hydrogen-bond acceptors (Lipinski definition) is 5. The number of ether oxygens (including phenoxy) is 1. The molecule has 0 radical (unpaired) electrons. The molecule has 8 nitrogen and oxygen atoms in total. The maximum Gasteiger partial charge on any atom is 0.193 e. The Kier molecular flexibility index (Phi) is 6.10. The first-order valence-electron chi connectivity index (χ1n) is 10.4. The lowest BCUT2D eigenvalue weighted by atomic mass is 10.2. The fraction of sp³-hybridized carbons (Fsp3) is 0.571. The summed E-state index contributed by atoms with van der Waals surface area (Å²) in [7, 11) is 1.86. The van der Waals surface area contributed by atoms with Crippen molar-refractivity contribution >= 4 is 5.96 Å². The number of nitrogens with zero attached hydrogens (tertiary/aromatic N) is 6. The Balaban J connectivity index is 1.32. The van der Waals surface area contributed by atoms with Crippen molar-refractivity contribution in [3.8, 4) is 5.82 Å². The van der Waals surface area contributed by atoms with E-state index in [2.05, 4.69) is 42.3 Å². The summed E-state index contributed by atoms with van der Waals surface area (Å²) in [5.74, 6) is 1.81. The van der Waals surface area contributed by atoms with Crippen molar-refractivity contribution in [1.29, 1.82) is 0 Å². The number of guanidine groups is 1. The minimum Gasteiger partial charge on any atom is -0.379 e. The molecule has 156 valence electrons. The lowest BCUT2D eigenvalue weighted by molar-refractivity contribution is 0.0195. The van der Waals surface area contributed by atoms with E-state index in [-0.39, 0.29) is 0 Å². The van der Waals surface area contributed by atoms with Gasteiger partial charge in [-0.25, -0.2) is 9.67 Å². The second-order valence-electron chi connectivity index (χ2n) is 7.80. The molecule has 1 N–H and O–H groups in total. The maximum atomic E-state index is 5.48. The Morgan fingerprint density at radius 2 is 2.07 bits per heavy atom. The normalized spacial score (nSPS) is 21.0. The summed E-state index contributed by atoms with van der Waals surface area (Å²) >= 11 is 0. The van der Waals surface area contributed by atoms with Crippen molar-refractivity contribution in [3.05, 3.63) is 41.3 Å². The van der Waals surface area contributed by atoms with Gasteiger partial charge in [-0.15, -0.1) is 0 Å². The van der Waals surface area contributed by atoms with Crippen LogP contribution in [0.2, 0.25) is 0 Å². The molecule has 1 atom stereocenters. The van der Waals surface area contributed by atoms with Crippen molar-refractivity contribution in [2.24, 2.45) is 4.99 Å². The van der Waals surface area contributed by atoms with Gasteiger partial charge in [0.15, 0.2) is 11.8 Å². The molecule has 2 aliphatic rings. The van der Waals surface area contributed by atoms with Crippen LogP contribution < -0.4 is 5.32 Å². The van der Waals surface area contributed by atoms with E-state index < -0.39 is 0 Å². The minimum absolute atomic E-state index is 0.596. The highest BCUT2D eigenvalue weighted by Crippen LogP contribution is 2.17. The molecule has 4 heterocycles. The molecule has 0 spiro atoms. The van der Waals surface area contributed by atoms with Gasteiger partial charge in [-0.2, -0.15) is 5.10 Å². The zero-order valence-electron chi connectivity index (χ0n) is 17.6. The average Bonchev–Trinajstić information content (AvgIpc) is 3.36. The molecule has 8 heteroatoms. The van der Waals surface area contributed by atoms with Crippen LogP contribution in [0.15, 0.2) is 29.4 Å². The highest BCUT2D eigenvalue weighted by atomic mass is 16.5. The maximum absolute atomic E-state index is 5.48. The molecule has 0 aliphatic carbocycles. The second kappa shape index (κ2) is 8.92. The predicted octanol–water partition coefficient (Wildman–Crippen LogP) is 1.37. The molecule has 0 amide bonds. The molecule has 2 aromatic heterocycles. The number of aromatic nitrogens is 3. The third kappa shape index (κ3) is 4.59. The fourth-order valence-corrected chi connectivity index (χ4v) is 4.20. The van der Waals surface area contributed by atoms with Crippen LogP contribution >= 0.6 is 0 Å². The highest BCUT2D eigenvalue weighted by molar-refractivity contribution is 5.80. The van der Waals surface area contributed by atoms with E-state index in [0.29, 0.717) is 12.6 Å². The van der Waals surface area contributed by atoms with Crippen molar-refractivity contribution in [2.75, 3.05) is 46.4 Å². The zero-order chi connectivity index (χ0) is 20.2. The van der Waals surface area contributed by atoms with Crippen molar-refractivity contribution < 1.29 is 4.74 Å². The predicted molar refractivity (Wildman–Crippen MR) is 113 cm³/mol. The van der Waals surface area contributed by atoms with Crippen molar-refractivity contribution in [3.63, 3.8) is 0 Å². The molecule has 2 saturated heterocycles. The standard InChI is InChI=1S/C21H31N7O/c1-16-12-17(2)28(25-16)20-5-4-18(13-23-20)14-24-21(22-3)27-7-6-19(15-27)26-8-10-29-11-9-26/h4-5,12-13,19H,6-11,14-15H2,1-3H3,(H,22,24). The molecule has 0 bridgehead atoms. The van der Waals surface area contributed by atoms with Gasteiger partial charge in [0.2, 0.25) is 0 Å². The highest BCUT2D eigenvalue weighted by Gasteiger charge is 2.30. The Morgan fingerprint density at radius 3 is 2.72 bits per heavy atom. The first-order chi connectivity index (χ1) is 14.1. The van der Waals surface area contributed by atoms with Crippen LogP contribution in [-0.4, -0.2) is 83.0 Å². The summed E-state index contributed by atoms with van der Waals surface area (Å²) in [5.41, 5.74) is 3.21. The van der Waals surface area contributed by atoms with Crippen molar-refractivity contribution in [2.45, 2.75) is 32.9 Å². The van der Waals surface area contributed by atoms with Crippen LogP contribution in [0, 0.1) is 13.8 Å². The van der Waals surface area contributed by atoms with Gasteiger partial charge in [0, 0.05) is 57.7 Å². The molecular weight excluding hydrogens is 366 g/mol. The first kappa shape index (κ1) is 19.8. The van der Waals surface area contributed by atoms with E-state index in [1.54, 1.807) is 0 Å². The Morgan fingerprint density at radius 1 is 1.24 bits per heavy atom. The van der Waals surface area contributed by atoms with Crippen LogP contribution in [0.1, 0.15) is 23.4 Å². The van der Waals surface area contributed by atoms with E-state index in [1.165, 1.54) is 6.42 Å². The number of morpholine rings is 1. The SMILES string of the molecule is CN=C(NCc1ccc(-n2nc(C)cc2C)nc1)N1CCC(N2CCOCC2)C1. The number of aliphatic imine (C=N–C) groups is 1. The topological polar surface area (TPSA) is 70.8 Å². The van der Waals surface area contributed by atoms with E-state index in [4.69, 9.17) is 4.74 Å². The second-order valence-corrected chi connectivity index (χ2v) is 7.80. The van der Waals surface area contributed by atoms with Gasteiger partial charge in [0.25, 0.3) is 0 Å². The van der Waals surface area contributed by atoms with Gasteiger partial charge >= 0.3 is 0 Å². The molecule has 0 aromatic carbocycles. The Bertz CT molecular complexity index is 839. The van der Waals surface area contributed by atoms with Gasteiger partial charge in [-0.3, -0.25) is 9.89 Å². The third-order valence-electron chi connectivity index (χ3n) is 5.72. The monoisotopic (exact) mass is 397 g/mol. The lowest BCUT2D eigenvalue weighted by Gasteiger charge is -2.32. The molecule has 29 heavy (non-hydrogen) atoms. The molecule has 2 aromatic rings. The molecule has 4 rings (SSSR count). The number of nitrogens with one attached hydrogen (secondary N) is 1. The Labute approximate surface area is 172 Å². The number of pyridine rings is 1. The zero-order valence-corrected chi connectivity index (χ0v) is 17.6. The van der Waals surface area contributed by atoms with Crippen LogP contribution in [-0.2, 0) is 11.3 Å². The van der Waals surface area contributed by atoms with E-state index in [0.717, 1.165) is 68.1 Å². The van der Waals surface area contributed by atoms with Gasteiger partial charge in [-0.1, -0.05) is 6.07 Å². The molecule has 2 aliphatic heterocycles. The molecular formula is C21H31N7O. The van der Waals surface area contributed by atoms with Gasteiger partial charge in [0.1, 0.15) is 0 Å². The number of hydrogen-bond donors (Lipinski definition) is 1. The summed E-state index contributed by atoms with van der Waals surface area (Å²) in [6.07, 6.45) is 3.09. The van der Waals surface area contributed by atoms with E-state index in [1.807, 2.05) is 37.8 Å². The summed E-state index contributed by atoms with van der Waals surface area (Å²) in [4.78, 5) is 14.0. The number of likely N-dealkylation sites (tertiary alicyclic amines) is 1. The third-order valence-corrected chi connectivity index (χ3v) is 5.72. The fourth-order valence-electron chi connectivity index (χ4n) is 4.20. The van der Waals surface area contributed by atoms with Crippen LogP contribution in [0.4, 0.5) is 0 Å². The quantitative estimate of drug-likeness (QED) is 0.621. The minimum atomic E-state index is 0.596. The summed E-state index contributed by atoms with van der Waals surface area (Å²) < 4.78 is 7.36. The molecule has 2 fully saturated rings. The first-order valence-corrected chi connectivity index (χ1v) is 10.4. The number of aryl methyl sites for hydroxylation is 2. The average molecular weight is 398 g/mol. The van der Waals surface area contributed by atoms with Crippen LogP contribution in [0.25, 0.3) is 5.82 Å². The van der Waals surface area contributed by atoms with Crippen LogP contribution in [0.3, 0.4) is 0 Å². The van der Waals surface area contributed by atoms with Gasteiger partial charge in [-0.05, 0) is 38.0 Å². The summed E-state index contributed by atoms with van der Waals surface area (Å²) in [6.45, 7) is 10.6. The summed E-state index contributed by atoms with van der Waals surface area (Å²) in [6, 6.07) is 6.77. The lowest BCUT2D eigenvalue weighted by Crippen LogP contribution is -2.46. The summed E-state index contributed by atoms with van der Waals surface area (Å²) in [5, 5.41) is 7.99. The smallest absolute Gasteiger partial charge is 0.193 e. The van der Waals surface area contributed by atoms with E-state index in [9.17, 15) is 0 Å². The largest absolute Gasteiger partial charge is 0.379 e. The Hall–Kier alpha value is -2.45. The molecule has 0 saturated carbocycles.